The van der Waals surface area contributed by atoms with E-state index in [1.807, 2.05) is 0 Å². The van der Waals surface area contributed by atoms with Crippen LogP contribution in [0.5, 0.6) is 11.5 Å². The lowest BCUT2D eigenvalue weighted by molar-refractivity contribution is 0.0587. The Hall–Kier alpha value is -3.27. The number of carbonyl (C=O) groups is 2. The number of anilines is 1. The Morgan fingerprint density at radius 1 is 0.821 bits per heavy atom. The smallest absolute Gasteiger partial charge is 0.339 e. The van der Waals surface area contributed by atoms with E-state index in [1.165, 1.54) is 57.7 Å². The molecular weight excluding hydrogens is 390 g/mol. The summed E-state index contributed by atoms with van der Waals surface area (Å²) >= 11 is 0. The van der Waals surface area contributed by atoms with Crippen LogP contribution in [0, 0.1) is 0 Å². The van der Waals surface area contributed by atoms with Crippen molar-refractivity contribution in [1.29, 1.82) is 0 Å². The molecule has 2 aromatic carbocycles. The second kappa shape index (κ2) is 8.61. The van der Waals surface area contributed by atoms with E-state index in [9.17, 15) is 18.0 Å². The van der Waals surface area contributed by atoms with Crippen molar-refractivity contribution in [3.63, 3.8) is 0 Å². The number of benzene rings is 2. The van der Waals surface area contributed by atoms with E-state index in [0.717, 1.165) is 7.11 Å². The summed E-state index contributed by atoms with van der Waals surface area (Å²) in [5, 5.41) is 0. The predicted octanol–water partition coefficient (Wildman–Crippen LogP) is 2.08. The van der Waals surface area contributed by atoms with Gasteiger partial charge in [0.25, 0.3) is 10.0 Å². The Kier molecular flexibility index (Phi) is 6.47. The number of hydrogen-bond donors (Lipinski definition) is 1. The Bertz CT molecular complexity index is 1000. The maximum Gasteiger partial charge on any atom is 0.339 e. The van der Waals surface area contributed by atoms with Crippen LogP contribution in [-0.4, -0.2) is 48.8 Å². The van der Waals surface area contributed by atoms with Crippen LogP contribution < -0.4 is 14.2 Å². The topological polar surface area (TPSA) is 117 Å². The number of sulfonamides is 1. The molecule has 0 saturated heterocycles. The molecule has 10 heteroatoms. The third kappa shape index (κ3) is 4.34. The van der Waals surface area contributed by atoms with E-state index in [0.29, 0.717) is 5.75 Å². The molecule has 1 N–H and O–H groups in total. The molecular formula is C18H19NO8S. The molecule has 0 unspecified atom stereocenters. The van der Waals surface area contributed by atoms with Crippen molar-refractivity contribution in [2.45, 2.75) is 4.90 Å². The molecule has 0 bridgehead atoms. The fourth-order valence-electron chi connectivity index (χ4n) is 2.35. The molecule has 9 nitrogen and oxygen atoms in total. The summed E-state index contributed by atoms with van der Waals surface area (Å²) in [6.45, 7) is 0. The number of methoxy groups -OCH3 is 4. The van der Waals surface area contributed by atoms with E-state index in [2.05, 4.69) is 14.2 Å². The highest BCUT2D eigenvalue weighted by Gasteiger charge is 2.22. The van der Waals surface area contributed by atoms with Crippen molar-refractivity contribution in [2.75, 3.05) is 33.2 Å². The van der Waals surface area contributed by atoms with Crippen LogP contribution in [0.25, 0.3) is 0 Å². The van der Waals surface area contributed by atoms with E-state index >= 15 is 0 Å². The van der Waals surface area contributed by atoms with Crippen LogP contribution in [-0.2, 0) is 19.5 Å². The van der Waals surface area contributed by atoms with Gasteiger partial charge in [0.05, 0.1) is 50.1 Å². The van der Waals surface area contributed by atoms with Crippen molar-refractivity contribution in [3.8, 4) is 11.5 Å². The number of nitrogens with one attached hydrogen (secondary N) is 1. The first-order valence-corrected chi connectivity index (χ1v) is 9.31. The Morgan fingerprint density at radius 3 is 2.04 bits per heavy atom. The second-order valence-electron chi connectivity index (χ2n) is 5.37. The third-order valence-corrected chi connectivity index (χ3v) is 5.12. The lowest BCUT2D eigenvalue weighted by atomic mass is 10.1. The maximum absolute atomic E-state index is 12.8. The average molecular weight is 409 g/mol. The second-order valence-corrected chi connectivity index (χ2v) is 7.05. The van der Waals surface area contributed by atoms with Gasteiger partial charge < -0.3 is 18.9 Å². The molecule has 150 valence electrons. The van der Waals surface area contributed by atoms with Crippen molar-refractivity contribution >= 4 is 27.6 Å². The fourth-order valence-corrected chi connectivity index (χ4v) is 3.43. The van der Waals surface area contributed by atoms with Crippen LogP contribution in [0.2, 0.25) is 0 Å². The number of carbonyl (C=O) groups excluding carboxylic acids is 2. The first-order chi connectivity index (χ1) is 13.3. The summed E-state index contributed by atoms with van der Waals surface area (Å²) in [6, 6.07) is 7.79. The lowest BCUT2D eigenvalue weighted by Gasteiger charge is -2.14. The summed E-state index contributed by atoms with van der Waals surface area (Å²) in [7, 11) is 1.00. The van der Waals surface area contributed by atoms with Gasteiger partial charge in [-0.15, -0.1) is 0 Å². The summed E-state index contributed by atoms with van der Waals surface area (Å²) in [4.78, 5) is 23.6. The molecule has 0 saturated carbocycles. The molecule has 0 atom stereocenters. The summed E-state index contributed by atoms with van der Waals surface area (Å²) < 4.78 is 47.4. The van der Waals surface area contributed by atoms with Crippen molar-refractivity contribution in [2.24, 2.45) is 0 Å². The van der Waals surface area contributed by atoms with Crippen LogP contribution >= 0.6 is 0 Å². The fraction of sp³-hybridized carbons (Fsp3) is 0.222. The van der Waals surface area contributed by atoms with E-state index in [-0.39, 0.29) is 27.5 Å². The quantitative estimate of drug-likeness (QED) is 0.691. The zero-order valence-electron chi connectivity index (χ0n) is 15.6. The van der Waals surface area contributed by atoms with Gasteiger partial charge >= 0.3 is 11.9 Å². The predicted molar refractivity (Wildman–Crippen MR) is 99.5 cm³/mol. The Labute approximate surface area is 162 Å². The largest absolute Gasteiger partial charge is 0.493 e. The number of esters is 2. The molecule has 0 aliphatic heterocycles. The molecule has 0 radical (unpaired) electrons. The molecule has 0 heterocycles. The lowest BCUT2D eigenvalue weighted by Crippen LogP contribution is -2.17. The number of hydrogen-bond acceptors (Lipinski definition) is 8. The highest BCUT2D eigenvalue weighted by atomic mass is 32.2. The average Bonchev–Trinajstić information content (AvgIpc) is 2.71. The van der Waals surface area contributed by atoms with Crippen molar-refractivity contribution < 1.29 is 37.0 Å². The summed E-state index contributed by atoms with van der Waals surface area (Å²) in [5.41, 5.74) is -0.149. The molecule has 2 rings (SSSR count). The zero-order valence-corrected chi connectivity index (χ0v) is 16.5. The molecule has 0 spiro atoms. The van der Waals surface area contributed by atoms with Gasteiger partial charge in [-0.3, -0.25) is 4.72 Å². The van der Waals surface area contributed by atoms with E-state index in [1.54, 1.807) is 0 Å². The summed E-state index contributed by atoms with van der Waals surface area (Å²) in [5.74, 6) is -0.907. The van der Waals surface area contributed by atoms with Gasteiger partial charge in [-0.1, -0.05) is 0 Å². The SMILES string of the molecule is COC(=O)c1ccc(C(=O)OC)c(NS(=O)(=O)c2ccc(OC)c(OC)c2)c1. The first kappa shape index (κ1) is 21.0. The molecule has 0 amide bonds. The highest BCUT2D eigenvalue weighted by Crippen LogP contribution is 2.31. The zero-order chi connectivity index (χ0) is 20.9. The molecule has 2 aromatic rings. The minimum atomic E-state index is -4.13. The van der Waals surface area contributed by atoms with Crippen molar-refractivity contribution in [1.82, 2.24) is 0 Å². The van der Waals surface area contributed by atoms with Gasteiger partial charge in [0.2, 0.25) is 0 Å². The highest BCUT2D eigenvalue weighted by molar-refractivity contribution is 7.92. The first-order valence-electron chi connectivity index (χ1n) is 7.83. The van der Waals surface area contributed by atoms with Crippen LogP contribution in [0.3, 0.4) is 0 Å². The number of ether oxygens (including phenoxy) is 4. The third-order valence-electron chi connectivity index (χ3n) is 3.76. The minimum absolute atomic E-state index is 0.0557. The van der Waals surface area contributed by atoms with Crippen LogP contribution in [0.1, 0.15) is 20.7 Å². The molecule has 0 aliphatic rings. The standard InChI is InChI=1S/C18H19NO8S/c1-24-15-8-6-12(10-16(15)25-2)28(22,23)19-14-9-11(17(20)26-3)5-7-13(14)18(21)27-4/h5-10,19H,1-4H3. The van der Waals surface area contributed by atoms with Gasteiger partial charge in [-0.25, -0.2) is 18.0 Å². The maximum atomic E-state index is 12.8. The normalized spacial score (nSPS) is 10.7. The van der Waals surface area contributed by atoms with Crippen LogP contribution in [0.4, 0.5) is 5.69 Å². The summed E-state index contributed by atoms with van der Waals surface area (Å²) in [6.07, 6.45) is 0. The Balaban J connectivity index is 2.52. The molecule has 28 heavy (non-hydrogen) atoms. The van der Waals surface area contributed by atoms with E-state index in [4.69, 9.17) is 9.47 Å². The van der Waals surface area contributed by atoms with E-state index < -0.39 is 22.0 Å². The number of rotatable bonds is 7. The molecule has 0 aromatic heterocycles. The monoisotopic (exact) mass is 409 g/mol. The molecule has 0 aliphatic carbocycles. The van der Waals surface area contributed by atoms with Gasteiger partial charge in [-0.05, 0) is 30.3 Å². The van der Waals surface area contributed by atoms with Gasteiger partial charge in [0.1, 0.15) is 0 Å². The minimum Gasteiger partial charge on any atom is -0.493 e. The van der Waals surface area contributed by atoms with Crippen LogP contribution in [0.15, 0.2) is 41.3 Å². The van der Waals surface area contributed by atoms with Gasteiger partial charge in [-0.2, -0.15) is 0 Å². The van der Waals surface area contributed by atoms with Gasteiger partial charge in [0, 0.05) is 6.07 Å². The van der Waals surface area contributed by atoms with Crippen molar-refractivity contribution in [3.05, 3.63) is 47.5 Å². The van der Waals surface area contributed by atoms with Gasteiger partial charge in [0.15, 0.2) is 11.5 Å². The molecule has 0 fully saturated rings. The Morgan fingerprint density at radius 2 is 1.46 bits per heavy atom.